The molecular formula is C18H23N5O2. The van der Waals surface area contributed by atoms with Crippen molar-refractivity contribution in [2.75, 3.05) is 67.7 Å². The number of hydrogen-bond acceptors (Lipinski definition) is 7. The van der Waals surface area contributed by atoms with E-state index in [1.807, 2.05) is 6.07 Å². The summed E-state index contributed by atoms with van der Waals surface area (Å²) in [4.78, 5) is 13.3. The van der Waals surface area contributed by atoms with Gasteiger partial charge in [0.15, 0.2) is 0 Å². The van der Waals surface area contributed by atoms with Crippen LogP contribution in [0.15, 0.2) is 36.7 Å². The normalized spacial score (nSPS) is 18.2. The van der Waals surface area contributed by atoms with Crippen LogP contribution in [-0.2, 0) is 9.47 Å². The van der Waals surface area contributed by atoms with Crippen LogP contribution < -0.4 is 15.1 Å². The van der Waals surface area contributed by atoms with Gasteiger partial charge in [-0.15, -0.1) is 0 Å². The summed E-state index contributed by atoms with van der Waals surface area (Å²) in [5, 5.41) is 3.32. The quantitative estimate of drug-likeness (QED) is 0.911. The van der Waals surface area contributed by atoms with Crippen molar-refractivity contribution >= 4 is 23.0 Å². The molecule has 7 heteroatoms. The highest BCUT2D eigenvalue weighted by atomic mass is 16.5. The molecule has 0 unspecified atom stereocenters. The third kappa shape index (κ3) is 4.00. The summed E-state index contributed by atoms with van der Waals surface area (Å²) in [6, 6.07) is 8.39. The number of benzene rings is 1. The Balaban J connectivity index is 1.64. The fourth-order valence-electron chi connectivity index (χ4n) is 3.17. The number of hydrogen-bond donors (Lipinski definition) is 1. The molecule has 2 fully saturated rings. The second kappa shape index (κ2) is 7.67. The van der Waals surface area contributed by atoms with Gasteiger partial charge in [-0.05, 0) is 24.3 Å². The lowest BCUT2D eigenvalue weighted by Crippen LogP contribution is -2.38. The summed E-state index contributed by atoms with van der Waals surface area (Å²) < 4.78 is 11.0. The van der Waals surface area contributed by atoms with Crippen LogP contribution in [0.1, 0.15) is 0 Å². The lowest BCUT2D eigenvalue weighted by molar-refractivity contribution is 0.122. The Morgan fingerprint density at radius 3 is 1.80 bits per heavy atom. The predicted molar refractivity (Wildman–Crippen MR) is 97.8 cm³/mol. The molecule has 0 bridgehead atoms. The SMILES string of the molecule is c1cnc(Nc2cc(N3CCOCC3)cc(N3CCOCC3)c2)nc1. The van der Waals surface area contributed by atoms with Crippen molar-refractivity contribution in [2.45, 2.75) is 0 Å². The molecule has 7 nitrogen and oxygen atoms in total. The van der Waals surface area contributed by atoms with Crippen molar-refractivity contribution in [1.29, 1.82) is 0 Å². The lowest BCUT2D eigenvalue weighted by atomic mass is 10.2. The summed E-state index contributed by atoms with van der Waals surface area (Å²) in [7, 11) is 0. The van der Waals surface area contributed by atoms with E-state index in [0.29, 0.717) is 5.95 Å². The standard InChI is InChI=1S/C18H23N5O2/c1-2-19-18(20-3-1)21-15-12-16(22-4-8-24-9-5-22)14-17(13-15)23-6-10-25-11-7-23/h1-3,12-14H,4-11H2,(H,19,20,21). The van der Waals surface area contributed by atoms with E-state index in [2.05, 4.69) is 43.3 Å². The molecule has 2 aliphatic rings. The van der Waals surface area contributed by atoms with Gasteiger partial charge in [0, 0.05) is 55.6 Å². The Morgan fingerprint density at radius 1 is 0.760 bits per heavy atom. The molecule has 2 aromatic rings. The topological polar surface area (TPSA) is 62.8 Å². The number of rotatable bonds is 4. The summed E-state index contributed by atoms with van der Waals surface area (Å²) in [6.45, 7) is 6.72. The Morgan fingerprint density at radius 2 is 1.28 bits per heavy atom. The molecule has 1 N–H and O–H groups in total. The fourth-order valence-corrected chi connectivity index (χ4v) is 3.17. The molecule has 0 aliphatic carbocycles. The van der Waals surface area contributed by atoms with Gasteiger partial charge in [0.25, 0.3) is 0 Å². The van der Waals surface area contributed by atoms with Crippen LogP contribution in [0.4, 0.5) is 23.0 Å². The van der Waals surface area contributed by atoms with Crippen LogP contribution in [0.2, 0.25) is 0 Å². The van der Waals surface area contributed by atoms with Crippen LogP contribution in [0.5, 0.6) is 0 Å². The third-order valence-electron chi connectivity index (χ3n) is 4.48. The van der Waals surface area contributed by atoms with Gasteiger partial charge >= 0.3 is 0 Å². The minimum absolute atomic E-state index is 0.606. The molecule has 2 saturated heterocycles. The van der Waals surface area contributed by atoms with E-state index in [1.54, 1.807) is 12.4 Å². The maximum Gasteiger partial charge on any atom is 0.227 e. The summed E-state index contributed by atoms with van der Waals surface area (Å²) in [5.41, 5.74) is 3.40. The van der Waals surface area contributed by atoms with Crippen molar-refractivity contribution in [2.24, 2.45) is 0 Å². The molecule has 3 heterocycles. The maximum atomic E-state index is 5.49. The minimum Gasteiger partial charge on any atom is -0.378 e. The number of aromatic nitrogens is 2. The highest BCUT2D eigenvalue weighted by Gasteiger charge is 2.17. The van der Waals surface area contributed by atoms with E-state index in [-0.39, 0.29) is 0 Å². The average molecular weight is 341 g/mol. The molecule has 25 heavy (non-hydrogen) atoms. The van der Waals surface area contributed by atoms with Crippen LogP contribution in [0, 0.1) is 0 Å². The van der Waals surface area contributed by atoms with Crippen molar-refractivity contribution in [3.63, 3.8) is 0 Å². The first-order valence-electron chi connectivity index (χ1n) is 8.73. The molecule has 1 aromatic heterocycles. The molecule has 4 rings (SSSR count). The molecule has 0 atom stereocenters. The average Bonchev–Trinajstić information content (AvgIpc) is 2.70. The van der Waals surface area contributed by atoms with Crippen LogP contribution in [0.3, 0.4) is 0 Å². The Kier molecular flexibility index (Phi) is 4.94. The number of ether oxygens (including phenoxy) is 2. The zero-order valence-corrected chi connectivity index (χ0v) is 14.2. The van der Waals surface area contributed by atoms with Gasteiger partial charge in [-0.2, -0.15) is 0 Å². The Hall–Kier alpha value is -2.38. The molecule has 0 saturated carbocycles. The first kappa shape index (κ1) is 16.1. The predicted octanol–water partition coefficient (Wildman–Crippen LogP) is 1.89. The summed E-state index contributed by atoms with van der Waals surface area (Å²) in [6.07, 6.45) is 3.48. The first-order valence-corrected chi connectivity index (χ1v) is 8.73. The molecule has 1 aromatic carbocycles. The summed E-state index contributed by atoms with van der Waals surface area (Å²) in [5.74, 6) is 0.606. The Labute approximate surface area is 147 Å². The fraction of sp³-hybridized carbons (Fsp3) is 0.444. The van der Waals surface area contributed by atoms with E-state index in [1.165, 1.54) is 11.4 Å². The summed E-state index contributed by atoms with van der Waals surface area (Å²) >= 11 is 0. The highest BCUT2D eigenvalue weighted by molar-refractivity contribution is 5.71. The molecule has 132 valence electrons. The van der Waals surface area contributed by atoms with Gasteiger partial charge < -0.3 is 24.6 Å². The largest absolute Gasteiger partial charge is 0.378 e. The van der Waals surface area contributed by atoms with Gasteiger partial charge in [0.1, 0.15) is 0 Å². The monoisotopic (exact) mass is 341 g/mol. The van der Waals surface area contributed by atoms with E-state index in [0.717, 1.165) is 58.3 Å². The zero-order chi connectivity index (χ0) is 16.9. The Bertz CT molecular complexity index is 649. The zero-order valence-electron chi connectivity index (χ0n) is 14.2. The van der Waals surface area contributed by atoms with Gasteiger partial charge in [0.05, 0.1) is 26.4 Å². The molecule has 0 radical (unpaired) electrons. The van der Waals surface area contributed by atoms with Crippen LogP contribution in [0.25, 0.3) is 0 Å². The third-order valence-corrected chi connectivity index (χ3v) is 4.48. The molecule has 2 aliphatic heterocycles. The van der Waals surface area contributed by atoms with Crippen molar-refractivity contribution in [1.82, 2.24) is 9.97 Å². The molecule has 0 spiro atoms. The number of anilines is 4. The van der Waals surface area contributed by atoms with E-state index < -0.39 is 0 Å². The maximum absolute atomic E-state index is 5.49. The number of morpholine rings is 2. The molecular weight excluding hydrogens is 318 g/mol. The van der Waals surface area contributed by atoms with Crippen molar-refractivity contribution < 1.29 is 9.47 Å². The highest BCUT2D eigenvalue weighted by Crippen LogP contribution is 2.30. The van der Waals surface area contributed by atoms with Crippen molar-refractivity contribution in [3.8, 4) is 0 Å². The van der Waals surface area contributed by atoms with Crippen molar-refractivity contribution in [3.05, 3.63) is 36.7 Å². The van der Waals surface area contributed by atoms with E-state index in [4.69, 9.17) is 9.47 Å². The van der Waals surface area contributed by atoms with E-state index >= 15 is 0 Å². The van der Waals surface area contributed by atoms with Crippen LogP contribution >= 0.6 is 0 Å². The van der Waals surface area contributed by atoms with Gasteiger partial charge in [-0.25, -0.2) is 9.97 Å². The molecule has 0 amide bonds. The first-order chi connectivity index (χ1) is 12.4. The van der Waals surface area contributed by atoms with Gasteiger partial charge in [-0.3, -0.25) is 0 Å². The second-order valence-electron chi connectivity index (χ2n) is 6.13. The lowest BCUT2D eigenvalue weighted by Gasteiger charge is -2.33. The minimum atomic E-state index is 0.606. The van der Waals surface area contributed by atoms with Crippen LogP contribution in [-0.4, -0.2) is 62.6 Å². The number of nitrogens with one attached hydrogen (secondary N) is 1. The van der Waals surface area contributed by atoms with Gasteiger partial charge in [0.2, 0.25) is 5.95 Å². The van der Waals surface area contributed by atoms with E-state index in [9.17, 15) is 0 Å². The number of nitrogens with zero attached hydrogens (tertiary/aromatic N) is 4. The second-order valence-corrected chi connectivity index (χ2v) is 6.13. The van der Waals surface area contributed by atoms with Gasteiger partial charge in [-0.1, -0.05) is 0 Å². The smallest absolute Gasteiger partial charge is 0.227 e.